The van der Waals surface area contributed by atoms with E-state index in [1.54, 1.807) is 12.1 Å². The molecule has 3 heterocycles. The Morgan fingerprint density at radius 1 is 0.982 bits per heavy atom. The van der Waals surface area contributed by atoms with Gasteiger partial charge in [-0.1, -0.05) is 62.5 Å². The van der Waals surface area contributed by atoms with Crippen molar-refractivity contribution in [2.75, 3.05) is 11.9 Å². The van der Waals surface area contributed by atoms with E-state index in [4.69, 9.17) is 4.74 Å². The summed E-state index contributed by atoms with van der Waals surface area (Å²) in [6.45, 7) is 3.26. The molecule has 0 spiro atoms. The molecule has 3 amide bonds. The van der Waals surface area contributed by atoms with E-state index < -0.39 is 91.3 Å². The maximum atomic E-state index is 14.6. The maximum Gasteiger partial charge on any atom is 0.416 e. The summed E-state index contributed by atoms with van der Waals surface area (Å²) in [5.74, 6) is -2.92. The standard InChI is InChI=1S/C38H43F6N5O6S2/c1-21-9-5-3-4-6-11-28(45-24-16-22(37(39,40)41)15-23(17-24)38(42,43)44)32(51)49-20-25(55-34-46-27-10-7-8-12-30(27)56-34)18-29(49)31(50)47-36(19-26(21)36)33(52)48-57(53,54)35(2)13-14-35/h7-8,10,12,15-17,21,25-26,28-29,45H,3-6,9,11,13-14,18-20H2,1-2H3,(H,47,50)(H,48,52)/t21?,25-,26+,28+,29+,36-/m1/s1. The summed E-state index contributed by atoms with van der Waals surface area (Å²) in [5, 5.41) is 5.72. The van der Waals surface area contributed by atoms with E-state index in [2.05, 4.69) is 20.3 Å². The van der Waals surface area contributed by atoms with Crippen molar-refractivity contribution in [1.82, 2.24) is 19.9 Å². The minimum absolute atomic E-state index is 0.00260. The number of nitrogens with zero attached hydrogens (tertiary/aromatic N) is 2. The van der Waals surface area contributed by atoms with Gasteiger partial charge >= 0.3 is 12.4 Å². The van der Waals surface area contributed by atoms with Gasteiger partial charge in [-0.05, 0) is 74.8 Å². The van der Waals surface area contributed by atoms with Crippen molar-refractivity contribution in [2.24, 2.45) is 11.8 Å². The van der Waals surface area contributed by atoms with Gasteiger partial charge in [-0.2, -0.15) is 26.3 Å². The second-order valence-electron chi connectivity index (χ2n) is 16.0. The Bertz CT molecular complexity index is 2090. The van der Waals surface area contributed by atoms with Gasteiger partial charge in [0.25, 0.3) is 11.1 Å². The molecular weight excluding hydrogens is 801 g/mol. The largest absolute Gasteiger partial charge is 0.465 e. The minimum atomic E-state index is -5.12. The van der Waals surface area contributed by atoms with Crippen LogP contribution in [0.4, 0.5) is 32.0 Å². The van der Waals surface area contributed by atoms with Gasteiger partial charge in [0.15, 0.2) is 0 Å². The molecule has 2 aliphatic heterocycles. The second-order valence-corrected chi connectivity index (χ2v) is 19.2. The molecular formula is C38H43F6N5O6S2. The molecule has 57 heavy (non-hydrogen) atoms. The Morgan fingerprint density at radius 2 is 1.63 bits per heavy atom. The van der Waals surface area contributed by atoms with E-state index in [1.165, 1.54) is 23.2 Å². The first kappa shape index (κ1) is 41.0. The topological polar surface area (TPSA) is 147 Å². The van der Waals surface area contributed by atoms with Crippen molar-refractivity contribution < 1.29 is 53.9 Å². The van der Waals surface area contributed by atoms with Gasteiger partial charge in [0, 0.05) is 12.1 Å². The quantitative estimate of drug-likeness (QED) is 0.215. The molecule has 310 valence electrons. The fourth-order valence-corrected chi connectivity index (χ4v) is 10.2. The van der Waals surface area contributed by atoms with E-state index >= 15 is 0 Å². The molecule has 2 saturated carbocycles. The third-order valence-corrected chi connectivity index (χ3v) is 14.9. The molecule has 2 aliphatic carbocycles. The first-order valence-corrected chi connectivity index (χ1v) is 21.3. The molecule has 6 atom stereocenters. The molecule has 2 saturated heterocycles. The number of sulfonamides is 1. The molecule has 2 aromatic carbocycles. The van der Waals surface area contributed by atoms with Crippen molar-refractivity contribution in [3.05, 3.63) is 53.6 Å². The number of para-hydroxylation sites is 1. The van der Waals surface area contributed by atoms with Gasteiger partial charge < -0.3 is 20.3 Å². The van der Waals surface area contributed by atoms with Gasteiger partial charge in [-0.3, -0.25) is 19.1 Å². The van der Waals surface area contributed by atoms with Crippen molar-refractivity contribution in [2.45, 2.75) is 119 Å². The second kappa shape index (κ2) is 14.9. The number of carbonyl (C=O) groups excluding carboxylic acids is 3. The highest BCUT2D eigenvalue weighted by atomic mass is 32.2. The average Bonchev–Trinajstić information content (AvgIpc) is 3.96. The summed E-state index contributed by atoms with van der Waals surface area (Å²) in [6, 6.07) is 5.60. The third-order valence-electron chi connectivity index (χ3n) is 11.8. The number of ether oxygens (including phenoxy) is 1. The summed E-state index contributed by atoms with van der Waals surface area (Å²) in [6.07, 6.45) is -7.30. The van der Waals surface area contributed by atoms with Crippen LogP contribution in [-0.4, -0.2) is 71.0 Å². The number of hydrogen-bond acceptors (Lipinski definition) is 9. The maximum absolute atomic E-state index is 14.6. The molecule has 3 aromatic rings. The van der Waals surface area contributed by atoms with Gasteiger partial charge in [0.05, 0.1) is 32.6 Å². The van der Waals surface area contributed by atoms with Crippen LogP contribution in [-0.2, 0) is 36.8 Å². The smallest absolute Gasteiger partial charge is 0.416 e. The highest BCUT2D eigenvalue weighted by Crippen LogP contribution is 2.51. The highest BCUT2D eigenvalue weighted by Gasteiger charge is 2.65. The molecule has 11 nitrogen and oxygen atoms in total. The van der Waals surface area contributed by atoms with E-state index in [-0.39, 0.29) is 43.0 Å². The monoisotopic (exact) mass is 843 g/mol. The predicted octanol–water partition coefficient (Wildman–Crippen LogP) is 7.03. The number of nitrogens with one attached hydrogen (secondary N) is 3. The number of rotatable bonds is 7. The molecule has 4 aliphatic rings. The number of benzene rings is 2. The lowest BCUT2D eigenvalue weighted by Crippen LogP contribution is -2.58. The van der Waals surface area contributed by atoms with E-state index in [1.807, 2.05) is 19.1 Å². The van der Waals surface area contributed by atoms with Crippen LogP contribution in [0.5, 0.6) is 5.19 Å². The van der Waals surface area contributed by atoms with Gasteiger partial charge in [-0.25, -0.2) is 13.4 Å². The van der Waals surface area contributed by atoms with Crippen LogP contribution in [0, 0.1) is 11.8 Å². The fourth-order valence-electron chi connectivity index (χ4n) is 8.01. The lowest BCUT2D eigenvalue weighted by atomic mass is 9.94. The van der Waals surface area contributed by atoms with E-state index in [0.717, 1.165) is 4.70 Å². The zero-order chi connectivity index (χ0) is 41.1. The Hall–Kier alpha value is -4.13. The van der Waals surface area contributed by atoms with E-state index in [9.17, 15) is 49.1 Å². The summed E-state index contributed by atoms with van der Waals surface area (Å²) in [5.41, 5.74) is -4.63. The molecule has 1 aromatic heterocycles. The van der Waals surface area contributed by atoms with Crippen molar-refractivity contribution in [3.8, 4) is 5.19 Å². The summed E-state index contributed by atoms with van der Waals surface area (Å²) in [4.78, 5) is 48.7. The van der Waals surface area contributed by atoms with Crippen LogP contribution >= 0.6 is 11.3 Å². The van der Waals surface area contributed by atoms with Gasteiger partial charge in [-0.15, -0.1) is 0 Å². The summed E-state index contributed by atoms with van der Waals surface area (Å²) in [7, 11) is -4.08. The van der Waals surface area contributed by atoms with Crippen LogP contribution in [0.15, 0.2) is 42.5 Å². The normalized spacial score (nSPS) is 28.4. The average molecular weight is 844 g/mol. The number of amides is 3. The molecule has 4 fully saturated rings. The van der Waals surface area contributed by atoms with Crippen molar-refractivity contribution >= 4 is 55.0 Å². The number of fused-ring (bicyclic) bond motifs is 3. The first-order valence-electron chi connectivity index (χ1n) is 19.0. The van der Waals surface area contributed by atoms with Crippen LogP contribution < -0.4 is 20.1 Å². The first-order chi connectivity index (χ1) is 26.7. The molecule has 19 heteroatoms. The van der Waals surface area contributed by atoms with Gasteiger partial charge in [0.2, 0.25) is 21.8 Å². The minimum Gasteiger partial charge on any atom is -0.465 e. The molecule has 0 bridgehead atoms. The van der Waals surface area contributed by atoms with Crippen LogP contribution in [0.3, 0.4) is 0 Å². The fraction of sp³-hybridized carbons (Fsp3) is 0.579. The van der Waals surface area contributed by atoms with Crippen molar-refractivity contribution in [3.63, 3.8) is 0 Å². The van der Waals surface area contributed by atoms with E-state index in [0.29, 0.717) is 62.6 Å². The Balaban J connectivity index is 1.22. The van der Waals surface area contributed by atoms with Crippen LogP contribution in [0.2, 0.25) is 0 Å². The van der Waals surface area contributed by atoms with Gasteiger partial charge in [0.1, 0.15) is 23.7 Å². The molecule has 1 unspecified atom stereocenters. The third kappa shape index (κ3) is 8.54. The predicted molar refractivity (Wildman–Crippen MR) is 199 cm³/mol. The van der Waals surface area contributed by atoms with Crippen molar-refractivity contribution in [1.29, 1.82) is 0 Å². The highest BCUT2D eigenvalue weighted by molar-refractivity contribution is 7.91. The van der Waals surface area contributed by atoms with Crippen LogP contribution in [0.1, 0.15) is 89.2 Å². The lowest BCUT2D eigenvalue weighted by Gasteiger charge is -2.31. The number of halogens is 6. The Labute approximate surface area is 329 Å². The summed E-state index contributed by atoms with van der Waals surface area (Å²) < 4.78 is 117. The number of anilines is 1. The number of aromatic nitrogens is 1. The zero-order valence-electron chi connectivity index (χ0n) is 31.1. The zero-order valence-corrected chi connectivity index (χ0v) is 32.8. The number of carbonyl (C=O) groups is 3. The number of thiazole rings is 1. The van der Waals surface area contributed by atoms with Crippen LogP contribution in [0.25, 0.3) is 10.2 Å². The lowest BCUT2D eigenvalue weighted by molar-refractivity contribution is -0.143. The molecule has 7 rings (SSSR count). The molecule has 0 radical (unpaired) electrons. The Kier molecular flexibility index (Phi) is 10.7. The summed E-state index contributed by atoms with van der Waals surface area (Å²) >= 11 is 1.23. The SMILES string of the molecule is CC1CCCCCC[C@H](Nc2cc(C(F)(F)F)cc(C(F)(F)F)c2)C(=O)N2C[C@H](Oc3nc4ccccc4s3)C[C@H]2C(=O)N[C@]2(C(=O)NS(=O)(=O)C3(C)CC3)C[C@@H]12. The number of alkyl halides is 6. The Morgan fingerprint density at radius 3 is 2.26 bits per heavy atom. The number of hydrogen-bond donors (Lipinski definition) is 3. The molecule has 3 N–H and O–H groups in total.